The Hall–Kier alpha value is -2.04. The predicted octanol–water partition coefficient (Wildman–Crippen LogP) is 1.84. The summed E-state index contributed by atoms with van der Waals surface area (Å²) in [5.41, 5.74) is 1.43. The Morgan fingerprint density at radius 1 is 1.56 bits per heavy atom. The van der Waals surface area contributed by atoms with Crippen LogP contribution < -0.4 is 0 Å². The molecule has 0 aliphatic carbocycles. The molecule has 0 amide bonds. The van der Waals surface area contributed by atoms with E-state index in [0.717, 1.165) is 5.76 Å². The van der Waals surface area contributed by atoms with Crippen molar-refractivity contribution in [2.45, 2.75) is 20.4 Å². The maximum Gasteiger partial charge on any atom is 0.339 e. The van der Waals surface area contributed by atoms with Gasteiger partial charge in [0.1, 0.15) is 11.3 Å². The van der Waals surface area contributed by atoms with Crippen molar-refractivity contribution in [1.82, 2.24) is 9.78 Å². The second-order valence-corrected chi connectivity index (χ2v) is 3.59. The van der Waals surface area contributed by atoms with Crippen molar-refractivity contribution in [2.75, 3.05) is 0 Å². The van der Waals surface area contributed by atoms with E-state index in [2.05, 4.69) is 5.10 Å². The second-order valence-electron chi connectivity index (χ2n) is 3.59. The molecule has 0 spiro atoms. The average molecular weight is 220 g/mol. The summed E-state index contributed by atoms with van der Waals surface area (Å²) >= 11 is 0. The Morgan fingerprint density at radius 2 is 2.31 bits per heavy atom. The third-order valence-electron chi connectivity index (χ3n) is 2.48. The summed E-state index contributed by atoms with van der Waals surface area (Å²) in [4.78, 5) is 11.0. The van der Waals surface area contributed by atoms with Crippen molar-refractivity contribution in [3.05, 3.63) is 41.1 Å². The lowest BCUT2D eigenvalue weighted by Crippen LogP contribution is -2.05. The topological polar surface area (TPSA) is 68.3 Å². The van der Waals surface area contributed by atoms with E-state index in [1.807, 2.05) is 6.07 Å². The van der Waals surface area contributed by atoms with Gasteiger partial charge < -0.3 is 9.52 Å². The van der Waals surface area contributed by atoms with Gasteiger partial charge in [-0.2, -0.15) is 5.10 Å². The zero-order valence-corrected chi connectivity index (χ0v) is 9.10. The van der Waals surface area contributed by atoms with E-state index in [4.69, 9.17) is 9.52 Å². The molecule has 0 fully saturated rings. The normalized spacial score (nSPS) is 10.6. The molecule has 5 heteroatoms. The molecule has 2 heterocycles. The number of carbonyl (C=O) groups is 1. The number of hydrogen-bond donors (Lipinski definition) is 1. The zero-order valence-electron chi connectivity index (χ0n) is 9.10. The average Bonchev–Trinajstić information content (AvgIpc) is 2.76. The molecule has 0 aliphatic rings. The van der Waals surface area contributed by atoms with Gasteiger partial charge in [-0.15, -0.1) is 0 Å². The van der Waals surface area contributed by atoms with E-state index in [-0.39, 0.29) is 5.56 Å². The molecule has 0 atom stereocenters. The molecule has 16 heavy (non-hydrogen) atoms. The van der Waals surface area contributed by atoms with E-state index in [1.54, 1.807) is 30.9 Å². The van der Waals surface area contributed by atoms with Gasteiger partial charge >= 0.3 is 5.97 Å². The summed E-state index contributed by atoms with van der Waals surface area (Å²) < 4.78 is 6.83. The quantitative estimate of drug-likeness (QED) is 0.856. The number of aromatic carboxylic acids is 1. The minimum Gasteiger partial charge on any atom is -0.478 e. The smallest absolute Gasteiger partial charge is 0.339 e. The van der Waals surface area contributed by atoms with Crippen LogP contribution in [0, 0.1) is 13.8 Å². The van der Waals surface area contributed by atoms with Crippen LogP contribution in [0.4, 0.5) is 0 Å². The van der Waals surface area contributed by atoms with Crippen LogP contribution >= 0.6 is 0 Å². The second kappa shape index (κ2) is 3.84. The van der Waals surface area contributed by atoms with Gasteiger partial charge in [-0.25, -0.2) is 4.79 Å². The van der Waals surface area contributed by atoms with Crippen molar-refractivity contribution in [3.63, 3.8) is 0 Å². The lowest BCUT2D eigenvalue weighted by atomic mass is 10.2. The van der Waals surface area contributed by atoms with Gasteiger partial charge in [0.05, 0.1) is 24.2 Å². The fraction of sp³-hybridized carbons (Fsp3) is 0.273. The molecule has 0 aliphatic heterocycles. The highest BCUT2D eigenvalue weighted by Gasteiger charge is 2.17. The zero-order chi connectivity index (χ0) is 11.7. The fourth-order valence-corrected chi connectivity index (χ4v) is 1.71. The lowest BCUT2D eigenvalue weighted by molar-refractivity contribution is 0.0695. The van der Waals surface area contributed by atoms with E-state index < -0.39 is 5.97 Å². The Bertz CT molecular complexity index is 512. The highest BCUT2D eigenvalue weighted by molar-refractivity contribution is 5.90. The number of carboxylic acids is 1. The van der Waals surface area contributed by atoms with Gasteiger partial charge in [0.25, 0.3) is 0 Å². The first-order valence-electron chi connectivity index (χ1n) is 4.89. The van der Waals surface area contributed by atoms with Crippen LogP contribution in [0.25, 0.3) is 0 Å². The van der Waals surface area contributed by atoms with Gasteiger partial charge in [-0.3, -0.25) is 4.68 Å². The van der Waals surface area contributed by atoms with Crippen molar-refractivity contribution in [2.24, 2.45) is 0 Å². The van der Waals surface area contributed by atoms with E-state index in [9.17, 15) is 4.79 Å². The van der Waals surface area contributed by atoms with Gasteiger partial charge in [-0.1, -0.05) is 0 Å². The summed E-state index contributed by atoms with van der Waals surface area (Å²) in [5.74, 6) is -0.191. The highest BCUT2D eigenvalue weighted by Crippen LogP contribution is 2.14. The van der Waals surface area contributed by atoms with Crippen LogP contribution in [0.15, 0.2) is 22.8 Å². The third-order valence-corrected chi connectivity index (χ3v) is 2.48. The molecule has 2 aromatic heterocycles. The van der Waals surface area contributed by atoms with Gasteiger partial charge in [0.2, 0.25) is 0 Å². The number of aromatic nitrogens is 2. The summed E-state index contributed by atoms with van der Waals surface area (Å²) in [6, 6.07) is 3.62. The Balaban J connectivity index is 2.36. The lowest BCUT2D eigenvalue weighted by Gasteiger charge is -2.01. The van der Waals surface area contributed by atoms with Crippen molar-refractivity contribution >= 4 is 5.97 Å². The minimum absolute atomic E-state index is 0.270. The fourth-order valence-electron chi connectivity index (χ4n) is 1.71. The molecule has 0 radical (unpaired) electrons. The molecule has 5 nitrogen and oxygen atoms in total. The molecule has 0 aromatic carbocycles. The number of nitrogens with zero attached hydrogens (tertiary/aromatic N) is 2. The third kappa shape index (κ3) is 1.71. The van der Waals surface area contributed by atoms with E-state index in [0.29, 0.717) is 17.9 Å². The highest BCUT2D eigenvalue weighted by atomic mass is 16.4. The summed E-state index contributed by atoms with van der Waals surface area (Å²) in [5, 5.41) is 13.2. The number of hydrogen-bond acceptors (Lipinski definition) is 3. The first-order chi connectivity index (χ1) is 7.59. The van der Waals surface area contributed by atoms with Crippen LogP contribution in [-0.2, 0) is 6.54 Å². The molecule has 0 saturated carbocycles. The molecule has 1 N–H and O–H groups in total. The van der Waals surface area contributed by atoms with Gasteiger partial charge in [0.15, 0.2) is 0 Å². The molecule has 0 bridgehead atoms. The summed E-state index contributed by atoms with van der Waals surface area (Å²) in [6.45, 7) is 3.88. The molecule has 2 aromatic rings. The van der Waals surface area contributed by atoms with Crippen molar-refractivity contribution in [3.8, 4) is 0 Å². The molecule has 0 unspecified atom stereocenters. The first-order valence-corrected chi connectivity index (χ1v) is 4.89. The predicted molar refractivity (Wildman–Crippen MR) is 56.5 cm³/mol. The maximum atomic E-state index is 11.0. The SMILES string of the molecule is Cc1nn(Cc2ccco2)c(C)c1C(=O)O. The summed E-state index contributed by atoms with van der Waals surface area (Å²) in [7, 11) is 0. The number of aryl methyl sites for hydroxylation is 1. The molecule has 84 valence electrons. The standard InChI is InChI=1S/C11H12N2O3/c1-7-10(11(14)15)8(2)13(12-7)6-9-4-3-5-16-9/h3-5H,6H2,1-2H3,(H,14,15). The summed E-state index contributed by atoms with van der Waals surface area (Å²) in [6.07, 6.45) is 1.58. The van der Waals surface area contributed by atoms with Crippen LogP contribution in [0.3, 0.4) is 0 Å². The van der Waals surface area contributed by atoms with Gasteiger partial charge in [0, 0.05) is 0 Å². The minimum atomic E-state index is -0.944. The van der Waals surface area contributed by atoms with Crippen molar-refractivity contribution < 1.29 is 14.3 Å². The Labute approximate surface area is 92.3 Å². The van der Waals surface area contributed by atoms with Crippen LogP contribution in [0.5, 0.6) is 0 Å². The van der Waals surface area contributed by atoms with Gasteiger partial charge in [-0.05, 0) is 26.0 Å². The first kappa shape index (κ1) is 10.5. The van der Waals surface area contributed by atoms with Crippen LogP contribution in [0.1, 0.15) is 27.5 Å². The van der Waals surface area contributed by atoms with Crippen LogP contribution in [0.2, 0.25) is 0 Å². The number of rotatable bonds is 3. The monoisotopic (exact) mass is 220 g/mol. The largest absolute Gasteiger partial charge is 0.478 e. The molecule has 2 rings (SSSR count). The number of furan rings is 1. The van der Waals surface area contributed by atoms with Crippen LogP contribution in [-0.4, -0.2) is 20.9 Å². The molecule has 0 saturated heterocycles. The van der Waals surface area contributed by atoms with Crippen molar-refractivity contribution in [1.29, 1.82) is 0 Å². The van der Waals surface area contributed by atoms with E-state index >= 15 is 0 Å². The Kier molecular flexibility index (Phi) is 2.52. The molecular formula is C11H12N2O3. The Morgan fingerprint density at radius 3 is 2.81 bits per heavy atom. The van der Waals surface area contributed by atoms with E-state index in [1.165, 1.54) is 0 Å². The number of carboxylic acid groups (broad SMARTS) is 1. The maximum absolute atomic E-state index is 11.0. The molecular weight excluding hydrogens is 208 g/mol.